The Morgan fingerprint density at radius 3 is 2.88 bits per heavy atom. The fourth-order valence-corrected chi connectivity index (χ4v) is 2.79. The van der Waals surface area contributed by atoms with Gasteiger partial charge in [-0.2, -0.15) is 0 Å². The van der Waals surface area contributed by atoms with Gasteiger partial charge < -0.3 is 20.1 Å². The standard InChI is InChI=1S/C19H22N4O2/c1-13-6-7-18-22-11-15(23(18)12-13)10-21-17-5-3-4-16(14(17)2)19(25)20-8-9-24/h3-7,11-12,21,24H,8-10H2,1-2H3,(H,20,25). The average molecular weight is 338 g/mol. The summed E-state index contributed by atoms with van der Waals surface area (Å²) in [5, 5.41) is 14.9. The SMILES string of the molecule is Cc1ccc2ncc(CNc3cccc(C(=O)NCCO)c3C)n2c1. The minimum absolute atomic E-state index is 0.0730. The number of aliphatic hydroxyl groups excluding tert-OH is 1. The van der Waals surface area contributed by atoms with E-state index in [0.717, 1.165) is 22.6 Å². The van der Waals surface area contributed by atoms with E-state index >= 15 is 0 Å². The zero-order valence-electron chi connectivity index (χ0n) is 14.4. The van der Waals surface area contributed by atoms with E-state index in [1.165, 1.54) is 5.56 Å². The minimum Gasteiger partial charge on any atom is -0.395 e. The van der Waals surface area contributed by atoms with Crippen molar-refractivity contribution in [3.8, 4) is 0 Å². The molecular weight excluding hydrogens is 316 g/mol. The summed E-state index contributed by atoms with van der Waals surface area (Å²) in [6.45, 7) is 4.74. The third-order valence-corrected chi connectivity index (χ3v) is 4.17. The molecule has 0 saturated carbocycles. The van der Waals surface area contributed by atoms with Gasteiger partial charge in [-0.05, 0) is 43.2 Å². The summed E-state index contributed by atoms with van der Waals surface area (Å²) >= 11 is 0. The molecule has 0 spiro atoms. The van der Waals surface area contributed by atoms with Crippen LogP contribution < -0.4 is 10.6 Å². The summed E-state index contributed by atoms with van der Waals surface area (Å²) in [7, 11) is 0. The zero-order chi connectivity index (χ0) is 17.8. The van der Waals surface area contributed by atoms with Gasteiger partial charge in [0, 0.05) is 24.0 Å². The molecule has 3 aromatic rings. The lowest BCUT2D eigenvalue weighted by atomic mass is 10.1. The predicted molar refractivity (Wildman–Crippen MR) is 97.9 cm³/mol. The van der Waals surface area contributed by atoms with E-state index < -0.39 is 0 Å². The van der Waals surface area contributed by atoms with Crippen LogP contribution in [0.4, 0.5) is 5.69 Å². The molecule has 1 aromatic carbocycles. The third-order valence-electron chi connectivity index (χ3n) is 4.17. The Hall–Kier alpha value is -2.86. The van der Waals surface area contributed by atoms with Crippen LogP contribution in [-0.4, -0.2) is 33.6 Å². The van der Waals surface area contributed by atoms with Gasteiger partial charge in [-0.15, -0.1) is 0 Å². The lowest BCUT2D eigenvalue weighted by molar-refractivity contribution is 0.0944. The smallest absolute Gasteiger partial charge is 0.251 e. The number of benzene rings is 1. The van der Waals surface area contributed by atoms with E-state index in [9.17, 15) is 4.79 Å². The number of carbonyl (C=O) groups excluding carboxylic acids is 1. The van der Waals surface area contributed by atoms with Crippen molar-refractivity contribution in [1.29, 1.82) is 0 Å². The highest BCUT2D eigenvalue weighted by Crippen LogP contribution is 2.20. The van der Waals surface area contributed by atoms with Crippen LogP contribution in [0.15, 0.2) is 42.7 Å². The van der Waals surface area contributed by atoms with Crippen LogP contribution in [0.2, 0.25) is 0 Å². The predicted octanol–water partition coefficient (Wildman–Crippen LogP) is 2.29. The summed E-state index contributed by atoms with van der Waals surface area (Å²) in [6, 6.07) is 9.62. The molecule has 0 atom stereocenters. The number of rotatable bonds is 6. The van der Waals surface area contributed by atoms with Gasteiger partial charge in [0.05, 0.1) is 25.0 Å². The van der Waals surface area contributed by atoms with E-state index in [0.29, 0.717) is 12.1 Å². The number of aromatic nitrogens is 2. The summed E-state index contributed by atoms with van der Waals surface area (Å²) in [5.41, 5.74) is 5.52. The van der Waals surface area contributed by atoms with Crippen molar-refractivity contribution < 1.29 is 9.90 Å². The maximum atomic E-state index is 12.2. The molecule has 130 valence electrons. The fraction of sp³-hybridized carbons (Fsp3) is 0.263. The van der Waals surface area contributed by atoms with Gasteiger partial charge in [-0.25, -0.2) is 4.98 Å². The lowest BCUT2D eigenvalue weighted by Crippen LogP contribution is -2.27. The number of fused-ring (bicyclic) bond motifs is 1. The van der Waals surface area contributed by atoms with Crippen LogP contribution in [0.1, 0.15) is 27.2 Å². The van der Waals surface area contributed by atoms with Gasteiger partial charge in [-0.3, -0.25) is 4.79 Å². The Bertz CT molecular complexity index is 902. The quantitative estimate of drug-likeness (QED) is 0.644. The number of nitrogens with zero attached hydrogens (tertiary/aromatic N) is 2. The second-order valence-corrected chi connectivity index (χ2v) is 6.00. The summed E-state index contributed by atoms with van der Waals surface area (Å²) in [6.07, 6.45) is 3.92. The highest BCUT2D eigenvalue weighted by molar-refractivity contribution is 5.97. The zero-order valence-corrected chi connectivity index (χ0v) is 14.4. The molecular formula is C19H22N4O2. The first kappa shape index (κ1) is 17.0. The first-order valence-corrected chi connectivity index (χ1v) is 8.25. The number of amides is 1. The van der Waals surface area contributed by atoms with E-state index in [1.54, 1.807) is 6.07 Å². The third kappa shape index (κ3) is 3.64. The first-order valence-electron chi connectivity index (χ1n) is 8.25. The van der Waals surface area contributed by atoms with Gasteiger partial charge in [0.1, 0.15) is 5.65 Å². The molecule has 0 saturated heterocycles. The van der Waals surface area contributed by atoms with Gasteiger partial charge in [0.2, 0.25) is 0 Å². The number of aryl methyl sites for hydroxylation is 1. The normalized spacial score (nSPS) is 10.8. The van der Waals surface area contributed by atoms with E-state index in [-0.39, 0.29) is 19.1 Å². The van der Waals surface area contributed by atoms with Crippen molar-refractivity contribution in [1.82, 2.24) is 14.7 Å². The van der Waals surface area contributed by atoms with Crippen LogP contribution in [0.5, 0.6) is 0 Å². The molecule has 0 aliphatic rings. The van der Waals surface area contributed by atoms with Crippen LogP contribution >= 0.6 is 0 Å². The molecule has 0 fully saturated rings. The highest BCUT2D eigenvalue weighted by Gasteiger charge is 2.11. The highest BCUT2D eigenvalue weighted by atomic mass is 16.3. The molecule has 3 rings (SSSR count). The number of hydrogen-bond donors (Lipinski definition) is 3. The molecule has 2 heterocycles. The second kappa shape index (κ2) is 7.36. The van der Waals surface area contributed by atoms with Crippen molar-refractivity contribution in [2.24, 2.45) is 0 Å². The van der Waals surface area contributed by atoms with Crippen molar-refractivity contribution in [3.63, 3.8) is 0 Å². The molecule has 0 aliphatic carbocycles. The van der Waals surface area contributed by atoms with Crippen molar-refractivity contribution in [2.75, 3.05) is 18.5 Å². The van der Waals surface area contributed by atoms with Crippen LogP contribution in [0.3, 0.4) is 0 Å². The van der Waals surface area contributed by atoms with Crippen LogP contribution in [0.25, 0.3) is 5.65 Å². The first-order chi connectivity index (χ1) is 12.1. The number of pyridine rings is 1. The van der Waals surface area contributed by atoms with Gasteiger partial charge >= 0.3 is 0 Å². The van der Waals surface area contributed by atoms with E-state index in [4.69, 9.17) is 5.11 Å². The number of aliphatic hydroxyl groups is 1. The number of imidazole rings is 1. The Labute approximate surface area is 146 Å². The Morgan fingerprint density at radius 2 is 2.08 bits per heavy atom. The summed E-state index contributed by atoms with van der Waals surface area (Å²) < 4.78 is 2.06. The molecule has 6 heteroatoms. The van der Waals surface area contributed by atoms with Crippen molar-refractivity contribution in [3.05, 3.63) is 65.1 Å². The number of carbonyl (C=O) groups is 1. The van der Waals surface area contributed by atoms with Crippen molar-refractivity contribution >= 4 is 17.2 Å². The number of nitrogens with one attached hydrogen (secondary N) is 2. The second-order valence-electron chi connectivity index (χ2n) is 6.00. The van der Waals surface area contributed by atoms with Gasteiger partial charge in [-0.1, -0.05) is 12.1 Å². The summed E-state index contributed by atoms with van der Waals surface area (Å²) in [5.74, 6) is -0.180. The van der Waals surface area contributed by atoms with Gasteiger partial charge in [0.25, 0.3) is 5.91 Å². The Balaban J connectivity index is 1.79. The van der Waals surface area contributed by atoms with Crippen LogP contribution in [-0.2, 0) is 6.54 Å². The van der Waals surface area contributed by atoms with Crippen LogP contribution in [0, 0.1) is 13.8 Å². The fourth-order valence-electron chi connectivity index (χ4n) is 2.79. The number of hydrogen-bond acceptors (Lipinski definition) is 4. The molecule has 25 heavy (non-hydrogen) atoms. The minimum atomic E-state index is -0.180. The Morgan fingerprint density at radius 1 is 1.24 bits per heavy atom. The number of anilines is 1. The topological polar surface area (TPSA) is 78.7 Å². The van der Waals surface area contributed by atoms with E-state index in [1.807, 2.05) is 37.4 Å². The average Bonchev–Trinajstić information content (AvgIpc) is 3.01. The molecule has 0 aliphatic heterocycles. The maximum absolute atomic E-state index is 12.2. The monoisotopic (exact) mass is 338 g/mol. The summed E-state index contributed by atoms with van der Waals surface area (Å²) in [4.78, 5) is 16.6. The van der Waals surface area contributed by atoms with Gasteiger partial charge in [0.15, 0.2) is 0 Å². The molecule has 0 unspecified atom stereocenters. The molecule has 1 amide bonds. The Kier molecular flexibility index (Phi) is 5.00. The van der Waals surface area contributed by atoms with E-state index in [2.05, 4.69) is 33.1 Å². The molecule has 3 N–H and O–H groups in total. The maximum Gasteiger partial charge on any atom is 0.251 e. The molecule has 0 radical (unpaired) electrons. The molecule has 6 nitrogen and oxygen atoms in total. The largest absolute Gasteiger partial charge is 0.395 e. The van der Waals surface area contributed by atoms with Crippen molar-refractivity contribution in [2.45, 2.75) is 20.4 Å². The molecule has 2 aromatic heterocycles. The molecule has 0 bridgehead atoms. The lowest BCUT2D eigenvalue weighted by Gasteiger charge is -2.13.